The van der Waals surface area contributed by atoms with Crippen molar-refractivity contribution in [1.82, 2.24) is 0 Å². The van der Waals surface area contributed by atoms with E-state index in [0.29, 0.717) is 37.6 Å². The molecule has 0 amide bonds. The van der Waals surface area contributed by atoms with Crippen molar-refractivity contribution in [3.05, 3.63) is 204 Å². The Bertz CT molecular complexity index is 3400. The first-order chi connectivity index (χ1) is 42.1. The maximum Gasteiger partial charge on any atom is 0.343 e. The highest BCUT2D eigenvalue weighted by Gasteiger charge is 2.38. The van der Waals surface area contributed by atoms with E-state index in [4.69, 9.17) is 47.4 Å². The normalized spacial score (nSPS) is 14.1. The first kappa shape index (κ1) is 60.2. The average Bonchev–Trinajstić information content (AvgIpc) is 1.06. The monoisotopic (exact) mass is 1160 g/mol. The second-order valence-corrected chi connectivity index (χ2v) is 21.7. The lowest BCUT2D eigenvalue weighted by atomic mass is 9.84. The number of hydrogen-bond acceptors (Lipinski definition) is 14. The minimum atomic E-state index is -0.667. The van der Waals surface area contributed by atoms with Gasteiger partial charge in [-0.15, -0.1) is 0 Å². The van der Waals surface area contributed by atoms with Crippen molar-refractivity contribution in [2.45, 2.75) is 52.4 Å². The van der Waals surface area contributed by atoms with Crippen molar-refractivity contribution >= 4 is 57.6 Å². The van der Waals surface area contributed by atoms with Gasteiger partial charge in [0.15, 0.2) is 0 Å². The van der Waals surface area contributed by atoms with Crippen molar-refractivity contribution in [2.75, 3.05) is 66.1 Å². The summed E-state index contributed by atoms with van der Waals surface area (Å²) in [5.74, 6) is -0.145. The van der Waals surface area contributed by atoms with E-state index in [-0.39, 0.29) is 45.0 Å². The Labute approximate surface area is 501 Å². The van der Waals surface area contributed by atoms with Gasteiger partial charge in [-0.2, -0.15) is 0 Å². The highest BCUT2D eigenvalue weighted by atomic mass is 16.6. The summed E-state index contributed by atoms with van der Waals surface area (Å²) in [6, 6.07) is 49.5. The Morgan fingerprint density at radius 1 is 0.419 bits per heavy atom. The standard InChI is InChI=1S/C72H70O14/c1-3-71(47-79-48-71)45-77-41-9-11-43-81-57-29-17-51(18-30-57)21-39-65(73)83-59-33-23-55(24-34-59)69(75)85-63-37-27-53-13-5-7-15-61(53)67(63)68-62-16-8-6-14-54(62)28-38-64(68)86-70(76)56-25-35-60(36-26-56)84-66(74)40-22-52-19-31-58(32-20-52)82-44-12-10-42-78-46-72(4-2)49-80-50-72/h5-8,13-40H,3-4,9-12,41-50H2,1-2H3/b39-21+,40-22+. The molecule has 86 heavy (non-hydrogen) atoms. The first-order valence-electron chi connectivity index (χ1n) is 29.3. The van der Waals surface area contributed by atoms with Crippen molar-refractivity contribution in [2.24, 2.45) is 10.8 Å². The molecule has 14 nitrogen and oxygen atoms in total. The molecule has 0 saturated carbocycles. The molecule has 0 unspecified atom stereocenters. The van der Waals surface area contributed by atoms with Crippen LogP contribution in [-0.4, -0.2) is 89.9 Å². The van der Waals surface area contributed by atoms with Gasteiger partial charge in [0, 0.05) is 47.3 Å². The molecule has 2 aliphatic rings. The van der Waals surface area contributed by atoms with Crippen LogP contribution in [0, 0.1) is 10.8 Å². The topological polar surface area (TPSA) is 161 Å². The lowest BCUT2D eigenvalue weighted by Gasteiger charge is -2.40. The van der Waals surface area contributed by atoms with Gasteiger partial charge in [-0.25, -0.2) is 19.2 Å². The second-order valence-electron chi connectivity index (χ2n) is 21.7. The quantitative estimate of drug-likeness (QED) is 0.0188. The van der Waals surface area contributed by atoms with Gasteiger partial charge in [0.1, 0.15) is 34.5 Å². The Balaban J connectivity index is 0.729. The number of unbranched alkanes of at least 4 members (excludes halogenated alkanes) is 2. The van der Waals surface area contributed by atoms with Gasteiger partial charge in [0.2, 0.25) is 0 Å². The van der Waals surface area contributed by atoms with E-state index in [1.807, 2.05) is 109 Å². The summed E-state index contributed by atoms with van der Waals surface area (Å²) in [6.07, 6.45) is 11.7. The maximum absolute atomic E-state index is 14.0. The van der Waals surface area contributed by atoms with E-state index in [1.54, 1.807) is 24.3 Å². The fourth-order valence-corrected chi connectivity index (χ4v) is 9.93. The SMILES string of the molecule is CCC1(COCCCCOc2ccc(/C=C/C(=O)Oc3ccc(C(=O)Oc4ccc5ccccc5c4-c4c(OC(=O)c5ccc(OC(=O)/C=C/c6ccc(OCCCCOCC7(CC)COC7)cc6)cc5)ccc5ccccc45)cc3)cc2)COC1. The van der Waals surface area contributed by atoms with Gasteiger partial charge < -0.3 is 47.4 Å². The van der Waals surface area contributed by atoms with Crippen LogP contribution in [0.25, 0.3) is 44.8 Å². The van der Waals surface area contributed by atoms with Gasteiger partial charge in [0.25, 0.3) is 0 Å². The number of carbonyl (C=O) groups excluding carboxylic acids is 4. The van der Waals surface area contributed by atoms with E-state index in [2.05, 4.69) is 13.8 Å². The summed E-state index contributed by atoms with van der Waals surface area (Å²) in [5, 5.41) is 3.20. The van der Waals surface area contributed by atoms with Gasteiger partial charge in [-0.05, 0) is 168 Å². The molecule has 442 valence electrons. The minimum Gasteiger partial charge on any atom is -0.494 e. The summed E-state index contributed by atoms with van der Waals surface area (Å²) in [6.45, 7) is 11.5. The third-order valence-electron chi connectivity index (χ3n) is 15.5. The van der Waals surface area contributed by atoms with Crippen molar-refractivity contribution in [3.8, 4) is 45.6 Å². The summed E-state index contributed by atoms with van der Waals surface area (Å²) in [5.41, 5.74) is 3.42. The number of ether oxygens (including phenoxy) is 10. The van der Waals surface area contributed by atoms with E-state index in [9.17, 15) is 19.2 Å². The lowest BCUT2D eigenvalue weighted by molar-refractivity contribution is -0.150. The zero-order valence-electron chi connectivity index (χ0n) is 48.5. The van der Waals surface area contributed by atoms with E-state index >= 15 is 0 Å². The molecular formula is C72H70O14. The highest BCUT2D eigenvalue weighted by molar-refractivity contribution is 6.11. The Morgan fingerprint density at radius 3 is 1.16 bits per heavy atom. The molecule has 2 heterocycles. The predicted molar refractivity (Wildman–Crippen MR) is 330 cm³/mol. The van der Waals surface area contributed by atoms with Gasteiger partial charge in [-0.3, -0.25) is 0 Å². The molecule has 0 aromatic heterocycles. The van der Waals surface area contributed by atoms with Crippen LogP contribution in [0.5, 0.6) is 34.5 Å². The zero-order chi connectivity index (χ0) is 59.6. The van der Waals surface area contributed by atoms with Gasteiger partial charge in [0.05, 0.1) is 64.0 Å². The second kappa shape index (κ2) is 29.3. The Morgan fingerprint density at radius 2 is 0.791 bits per heavy atom. The molecule has 2 fully saturated rings. The smallest absolute Gasteiger partial charge is 0.343 e. The summed E-state index contributed by atoms with van der Waals surface area (Å²) < 4.78 is 57.9. The highest BCUT2D eigenvalue weighted by Crippen LogP contribution is 2.46. The molecule has 8 aromatic carbocycles. The van der Waals surface area contributed by atoms with Crippen LogP contribution in [0.4, 0.5) is 0 Å². The number of fused-ring (bicyclic) bond motifs is 2. The molecule has 0 aliphatic carbocycles. The third kappa shape index (κ3) is 15.9. The molecule has 10 rings (SSSR count). The summed E-state index contributed by atoms with van der Waals surface area (Å²) >= 11 is 0. The molecule has 2 aliphatic heterocycles. The largest absolute Gasteiger partial charge is 0.494 e. The lowest BCUT2D eigenvalue weighted by Crippen LogP contribution is -2.45. The third-order valence-corrected chi connectivity index (χ3v) is 15.5. The van der Waals surface area contributed by atoms with Crippen molar-refractivity contribution < 1.29 is 66.5 Å². The van der Waals surface area contributed by atoms with Crippen molar-refractivity contribution in [1.29, 1.82) is 0 Å². The number of rotatable bonds is 29. The maximum atomic E-state index is 14.0. The molecule has 0 N–H and O–H groups in total. The van der Waals surface area contributed by atoms with Crippen LogP contribution in [0.15, 0.2) is 182 Å². The zero-order valence-corrected chi connectivity index (χ0v) is 48.5. The van der Waals surface area contributed by atoms with Crippen LogP contribution < -0.4 is 28.4 Å². The molecule has 0 atom stereocenters. The average molecular weight is 1160 g/mol. The van der Waals surface area contributed by atoms with Crippen LogP contribution in [0.3, 0.4) is 0 Å². The summed E-state index contributed by atoms with van der Waals surface area (Å²) in [4.78, 5) is 53.8. The predicted octanol–water partition coefficient (Wildman–Crippen LogP) is 14.5. The fraction of sp³-hybridized carbons (Fsp3) is 0.278. The summed E-state index contributed by atoms with van der Waals surface area (Å²) in [7, 11) is 0. The van der Waals surface area contributed by atoms with Gasteiger partial charge in [-0.1, -0.05) is 98.8 Å². The number of benzene rings is 8. The Kier molecular flexibility index (Phi) is 20.5. The fourth-order valence-electron chi connectivity index (χ4n) is 9.93. The minimum absolute atomic E-state index is 0.191. The van der Waals surface area contributed by atoms with Crippen LogP contribution in [0.2, 0.25) is 0 Å². The van der Waals surface area contributed by atoms with Gasteiger partial charge >= 0.3 is 23.9 Å². The molecule has 0 radical (unpaired) electrons. The van der Waals surface area contributed by atoms with E-state index < -0.39 is 23.9 Å². The van der Waals surface area contributed by atoms with E-state index in [1.165, 1.54) is 60.7 Å². The molecule has 2 saturated heterocycles. The van der Waals surface area contributed by atoms with Crippen LogP contribution in [0.1, 0.15) is 84.2 Å². The van der Waals surface area contributed by atoms with Crippen LogP contribution >= 0.6 is 0 Å². The molecule has 0 bridgehead atoms. The first-order valence-corrected chi connectivity index (χ1v) is 29.3. The Hall–Kier alpha value is -8.92. The number of hydrogen-bond donors (Lipinski definition) is 0. The molecule has 0 spiro atoms. The molecule has 8 aromatic rings. The molecule has 14 heteroatoms. The van der Waals surface area contributed by atoms with Crippen LogP contribution in [-0.2, 0) is 28.5 Å². The van der Waals surface area contributed by atoms with E-state index in [0.717, 1.165) is 122 Å². The number of carbonyl (C=O) groups is 4. The van der Waals surface area contributed by atoms with Crippen molar-refractivity contribution in [3.63, 3.8) is 0 Å². The molecular weight excluding hydrogens is 1090 g/mol. The number of esters is 4.